The molecule has 1 aliphatic rings. The van der Waals surface area contributed by atoms with Crippen molar-refractivity contribution >= 4 is 12.4 Å². The van der Waals surface area contributed by atoms with Gasteiger partial charge in [0.25, 0.3) is 0 Å². The molecule has 1 aromatic heterocycles. The Labute approximate surface area is 88.3 Å². The fourth-order valence-corrected chi connectivity index (χ4v) is 1.74. The summed E-state index contributed by atoms with van der Waals surface area (Å²) in [7, 11) is 1.78. The van der Waals surface area contributed by atoms with E-state index < -0.39 is 5.67 Å². The van der Waals surface area contributed by atoms with Crippen molar-refractivity contribution in [3.05, 3.63) is 12.2 Å². The standard InChI is InChI=1S/C8H13FN4.ClH/c1-13-6-11-12-7(13)8(9)2-4-10-5-3-8;/h6,10H,2-5H2,1H3;1H. The molecule has 0 atom stereocenters. The average Bonchev–Trinajstić information content (AvgIpc) is 2.53. The first-order valence-corrected chi connectivity index (χ1v) is 4.46. The van der Waals surface area contributed by atoms with Gasteiger partial charge in [-0.3, -0.25) is 0 Å². The minimum atomic E-state index is -1.28. The van der Waals surface area contributed by atoms with Gasteiger partial charge in [0.1, 0.15) is 6.33 Å². The van der Waals surface area contributed by atoms with Crippen molar-refractivity contribution in [3.8, 4) is 0 Å². The summed E-state index contributed by atoms with van der Waals surface area (Å²) in [5.41, 5.74) is -1.28. The van der Waals surface area contributed by atoms with Crippen LogP contribution in [0.15, 0.2) is 6.33 Å². The summed E-state index contributed by atoms with van der Waals surface area (Å²) in [4.78, 5) is 0. The van der Waals surface area contributed by atoms with Crippen LogP contribution in [0.1, 0.15) is 18.7 Å². The van der Waals surface area contributed by atoms with Crippen molar-refractivity contribution < 1.29 is 4.39 Å². The van der Waals surface area contributed by atoms with Crippen molar-refractivity contribution in [2.75, 3.05) is 13.1 Å². The molecule has 1 fully saturated rings. The molecule has 2 heterocycles. The Kier molecular flexibility index (Phi) is 3.44. The van der Waals surface area contributed by atoms with Crippen LogP contribution in [0.5, 0.6) is 0 Å². The molecule has 0 amide bonds. The van der Waals surface area contributed by atoms with Crippen molar-refractivity contribution in [3.63, 3.8) is 0 Å². The summed E-state index contributed by atoms with van der Waals surface area (Å²) in [6, 6.07) is 0. The summed E-state index contributed by atoms with van der Waals surface area (Å²) in [5.74, 6) is 0.453. The molecule has 0 bridgehead atoms. The second kappa shape index (κ2) is 4.23. The van der Waals surface area contributed by atoms with Crippen LogP contribution in [0.2, 0.25) is 0 Å². The topological polar surface area (TPSA) is 42.7 Å². The maximum Gasteiger partial charge on any atom is 0.172 e. The molecule has 80 valence electrons. The maximum absolute atomic E-state index is 14.2. The number of hydrogen-bond donors (Lipinski definition) is 1. The van der Waals surface area contributed by atoms with Crippen LogP contribution in [0.3, 0.4) is 0 Å². The Morgan fingerprint density at radius 1 is 1.50 bits per heavy atom. The van der Waals surface area contributed by atoms with Crippen LogP contribution in [0, 0.1) is 0 Å². The van der Waals surface area contributed by atoms with Crippen LogP contribution in [0.4, 0.5) is 4.39 Å². The zero-order valence-corrected chi connectivity index (χ0v) is 8.85. The molecule has 1 saturated heterocycles. The molecular formula is C8H14ClFN4. The van der Waals surface area contributed by atoms with Gasteiger partial charge in [0.05, 0.1) is 0 Å². The molecule has 0 unspecified atom stereocenters. The van der Waals surface area contributed by atoms with Gasteiger partial charge in [-0.15, -0.1) is 22.6 Å². The molecule has 6 heteroatoms. The highest BCUT2D eigenvalue weighted by molar-refractivity contribution is 5.85. The first-order valence-electron chi connectivity index (χ1n) is 4.46. The number of rotatable bonds is 1. The third kappa shape index (κ3) is 1.88. The lowest BCUT2D eigenvalue weighted by Gasteiger charge is -2.28. The second-order valence-electron chi connectivity index (χ2n) is 3.48. The van der Waals surface area contributed by atoms with E-state index in [1.54, 1.807) is 17.9 Å². The number of piperidine rings is 1. The van der Waals surface area contributed by atoms with Crippen molar-refractivity contribution in [1.82, 2.24) is 20.1 Å². The lowest BCUT2D eigenvalue weighted by atomic mass is 9.93. The number of hydrogen-bond acceptors (Lipinski definition) is 3. The quantitative estimate of drug-likeness (QED) is 0.761. The monoisotopic (exact) mass is 220 g/mol. The van der Waals surface area contributed by atoms with Crippen LogP contribution in [0.25, 0.3) is 0 Å². The smallest absolute Gasteiger partial charge is 0.172 e. The normalized spacial score (nSPS) is 20.1. The third-order valence-electron chi connectivity index (χ3n) is 2.51. The van der Waals surface area contributed by atoms with Gasteiger partial charge in [-0.2, -0.15) is 0 Å². The molecule has 0 aliphatic carbocycles. The number of aryl methyl sites for hydroxylation is 1. The van der Waals surface area contributed by atoms with Crippen LogP contribution < -0.4 is 5.32 Å². The van der Waals surface area contributed by atoms with E-state index in [-0.39, 0.29) is 12.4 Å². The lowest BCUT2D eigenvalue weighted by molar-refractivity contribution is 0.100. The molecule has 1 aromatic rings. The third-order valence-corrected chi connectivity index (χ3v) is 2.51. The Morgan fingerprint density at radius 2 is 2.14 bits per heavy atom. The van der Waals surface area contributed by atoms with E-state index in [0.717, 1.165) is 0 Å². The summed E-state index contributed by atoms with van der Waals surface area (Å²) >= 11 is 0. The van der Waals surface area contributed by atoms with Crippen molar-refractivity contribution in [2.24, 2.45) is 7.05 Å². The van der Waals surface area contributed by atoms with Crippen molar-refractivity contribution in [1.29, 1.82) is 0 Å². The number of alkyl halides is 1. The Bertz CT molecular complexity index is 295. The van der Waals surface area contributed by atoms with Gasteiger partial charge in [-0.05, 0) is 13.1 Å². The van der Waals surface area contributed by atoms with Gasteiger partial charge in [0.2, 0.25) is 0 Å². The molecule has 1 N–H and O–H groups in total. The zero-order chi connectivity index (χ0) is 9.31. The predicted molar refractivity (Wildman–Crippen MR) is 53.1 cm³/mol. The van der Waals surface area contributed by atoms with Gasteiger partial charge in [0, 0.05) is 19.9 Å². The number of halogens is 2. The molecule has 0 saturated carbocycles. The highest BCUT2D eigenvalue weighted by atomic mass is 35.5. The summed E-state index contributed by atoms with van der Waals surface area (Å²) in [6.45, 7) is 1.42. The van der Waals surface area contributed by atoms with E-state index in [2.05, 4.69) is 15.5 Å². The Morgan fingerprint density at radius 3 is 2.64 bits per heavy atom. The van der Waals surface area contributed by atoms with Crippen LogP contribution in [-0.4, -0.2) is 27.9 Å². The van der Waals surface area contributed by atoms with E-state index in [4.69, 9.17) is 0 Å². The summed E-state index contributed by atoms with van der Waals surface area (Å²) < 4.78 is 15.9. The number of aromatic nitrogens is 3. The molecule has 2 rings (SSSR count). The van der Waals surface area contributed by atoms with Gasteiger partial charge in [0.15, 0.2) is 11.5 Å². The molecule has 0 radical (unpaired) electrons. The molecule has 4 nitrogen and oxygen atoms in total. The van der Waals surface area contributed by atoms with E-state index in [0.29, 0.717) is 31.8 Å². The Balaban J connectivity index is 0.000000980. The number of nitrogens with zero attached hydrogens (tertiary/aromatic N) is 3. The van der Waals surface area contributed by atoms with E-state index in [9.17, 15) is 4.39 Å². The minimum Gasteiger partial charge on any atom is -0.318 e. The van der Waals surface area contributed by atoms with Gasteiger partial charge < -0.3 is 9.88 Å². The fourth-order valence-electron chi connectivity index (χ4n) is 1.74. The number of nitrogens with one attached hydrogen (secondary N) is 1. The SMILES string of the molecule is Cl.Cn1cnnc1C1(F)CCNCC1. The summed E-state index contributed by atoms with van der Waals surface area (Å²) in [6.07, 6.45) is 2.51. The molecule has 14 heavy (non-hydrogen) atoms. The molecule has 0 spiro atoms. The first-order chi connectivity index (χ1) is 6.22. The van der Waals surface area contributed by atoms with Crippen LogP contribution >= 0.6 is 12.4 Å². The highest BCUT2D eigenvalue weighted by Gasteiger charge is 2.37. The van der Waals surface area contributed by atoms with E-state index >= 15 is 0 Å². The lowest BCUT2D eigenvalue weighted by Crippen LogP contribution is -2.38. The van der Waals surface area contributed by atoms with Gasteiger partial charge in [-0.25, -0.2) is 4.39 Å². The Hall–Kier alpha value is -0.680. The minimum absolute atomic E-state index is 0. The molecular weight excluding hydrogens is 207 g/mol. The average molecular weight is 221 g/mol. The summed E-state index contributed by atoms with van der Waals surface area (Å²) in [5, 5.41) is 10.6. The fraction of sp³-hybridized carbons (Fsp3) is 0.750. The maximum atomic E-state index is 14.2. The van der Waals surface area contributed by atoms with E-state index in [1.165, 1.54) is 0 Å². The first kappa shape index (κ1) is 11.4. The molecule has 0 aromatic carbocycles. The molecule has 1 aliphatic heterocycles. The van der Waals surface area contributed by atoms with Crippen LogP contribution in [-0.2, 0) is 12.7 Å². The predicted octanol–water partition coefficient (Wildman–Crippen LogP) is 0.785. The largest absolute Gasteiger partial charge is 0.318 e. The second-order valence-corrected chi connectivity index (χ2v) is 3.48. The van der Waals surface area contributed by atoms with E-state index in [1.807, 2.05) is 0 Å². The highest BCUT2D eigenvalue weighted by Crippen LogP contribution is 2.32. The van der Waals surface area contributed by atoms with Gasteiger partial charge in [-0.1, -0.05) is 0 Å². The van der Waals surface area contributed by atoms with Gasteiger partial charge >= 0.3 is 0 Å². The zero-order valence-electron chi connectivity index (χ0n) is 8.03. The van der Waals surface area contributed by atoms with Crippen molar-refractivity contribution in [2.45, 2.75) is 18.5 Å².